The number of hydrogen-bond donors (Lipinski definition) is 0. The fourth-order valence-electron chi connectivity index (χ4n) is 8.03. The molecule has 0 aliphatic heterocycles. The quantitative estimate of drug-likeness (QED) is 0.171. The van der Waals surface area contributed by atoms with Gasteiger partial charge in [0.15, 0.2) is 17.5 Å². The van der Waals surface area contributed by atoms with Crippen LogP contribution in [0.15, 0.2) is 194 Å². The Hall–Kier alpha value is -7.21. The van der Waals surface area contributed by atoms with Crippen LogP contribution >= 0.6 is 11.3 Å². The lowest BCUT2D eigenvalue weighted by Gasteiger charge is -2.17. The summed E-state index contributed by atoms with van der Waals surface area (Å²) in [5.74, 6) is 1.91. The summed E-state index contributed by atoms with van der Waals surface area (Å²) in [5, 5.41) is 4.85. The molecule has 56 heavy (non-hydrogen) atoms. The molecule has 0 saturated heterocycles. The fraction of sp³-hybridized carbons (Fsp3) is 0. The molecule has 0 fully saturated rings. The van der Waals surface area contributed by atoms with Gasteiger partial charge in [0.25, 0.3) is 0 Å². The number of benzene rings is 8. The predicted octanol–water partition coefficient (Wildman–Crippen LogP) is 13.7. The summed E-state index contributed by atoms with van der Waals surface area (Å²) in [7, 11) is 0. The SMILES string of the molecule is c1ccc(-c2cccc(-c3ccc(-c4nc(-c5ccccc5)nc(-c5cccc6c5sc5ccccc56)n4)c(-n4c5ccccc5c5ccccc54)c3)c2)cc1. The number of nitrogens with zero attached hydrogens (tertiary/aromatic N) is 4. The molecule has 5 heteroatoms. The maximum absolute atomic E-state index is 5.38. The fourth-order valence-corrected chi connectivity index (χ4v) is 9.24. The van der Waals surface area contributed by atoms with Crippen molar-refractivity contribution in [3.63, 3.8) is 0 Å². The number of para-hydroxylation sites is 2. The molecule has 0 atom stereocenters. The Labute approximate surface area is 327 Å². The molecule has 8 aromatic carbocycles. The minimum atomic E-state index is 0.619. The first-order valence-corrected chi connectivity index (χ1v) is 19.6. The second kappa shape index (κ2) is 13.3. The molecule has 11 rings (SSSR count). The van der Waals surface area contributed by atoms with Gasteiger partial charge in [-0.15, -0.1) is 11.3 Å². The molecule has 0 amide bonds. The van der Waals surface area contributed by atoms with Crippen molar-refractivity contribution in [2.24, 2.45) is 0 Å². The third kappa shape index (κ3) is 5.40. The molecular formula is C51H32N4S. The zero-order valence-corrected chi connectivity index (χ0v) is 31.0. The lowest BCUT2D eigenvalue weighted by molar-refractivity contribution is 1.07. The zero-order valence-electron chi connectivity index (χ0n) is 30.2. The molecule has 0 bridgehead atoms. The van der Waals surface area contributed by atoms with Crippen LogP contribution in [0.2, 0.25) is 0 Å². The number of rotatable bonds is 6. The summed E-state index contributed by atoms with van der Waals surface area (Å²) in [6.45, 7) is 0. The molecule has 0 N–H and O–H groups in total. The van der Waals surface area contributed by atoms with Gasteiger partial charge in [-0.2, -0.15) is 0 Å². The van der Waals surface area contributed by atoms with Crippen molar-refractivity contribution in [3.05, 3.63) is 194 Å². The van der Waals surface area contributed by atoms with E-state index in [-0.39, 0.29) is 0 Å². The van der Waals surface area contributed by atoms with E-state index in [1.165, 1.54) is 42.1 Å². The molecule has 4 nitrogen and oxygen atoms in total. The standard InChI is InChI=1S/C51H32N4S/c1-3-15-33(16-4-1)35-19-13-20-36(31-35)37-29-30-42(46(32-37)55-44-26-10-7-21-38(44)39-22-8-11-27-45(39)55)50-52-49(34-17-5-2-6-18-34)53-51(54-50)43-25-14-24-41-40-23-9-12-28-47(40)56-48(41)43/h1-32H. The van der Waals surface area contributed by atoms with Crippen molar-refractivity contribution in [1.29, 1.82) is 0 Å². The van der Waals surface area contributed by atoms with Crippen LogP contribution in [0.1, 0.15) is 0 Å². The predicted molar refractivity (Wildman–Crippen MR) is 234 cm³/mol. The highest BCUT2D eigenvalue weighted by atomic mass is 32.1. The normalized spacial score (nSPS) is 11.6. The summed E-state index contributed by atoms with van der Waals surface area (Å²) in [5.41, 5.74) is 10.7. The first-order chi connectivity index (χ1) is 27.8. The van der Waals surface area contributed by atoms with E-state index in [9.17, 15) is 0 Å². The molecular weight excluding hydrogens is 701 g/mol. The van der Waals surface area contributed by atoms with Gasteiger partial charge in [0, 0.05) is 47.6 Å². The Balaban J connectivity index is 1.19. The summed E-state index contributed by atoms with van der Waals surface area (Å²) in [4.78, 5) is 15.8. The summed E-state index contributed by atoms with van der Waals surface area (Å²) in [6, 6.07) is 68.6. The molecule has 262 valence electrons. The first-order valence-electron chi connectivity index (χ1n) is 18.8. The third-order valence-electron chi connectivity index (χ3n) is 10.7. The third-order valence-corrected chi connectivity index (χ3v) is 11.9. The van der Waals surface area contributed by atoms with Crippen LogP contribution in [0.3, 0.4) is 0 Å². The molecule has 3 aromatic heterocycles. The van der Waals surface area contributed by atoms with E-state index in [1.807, 2.05) is 18.2 Å². The molecule has 0 spiro atoms. The molecule has 0 aliphatic rings. The van der Waals surface area contributed by atoms with Crippen molar-refractivity contribution >= 4 is 53.3 Å². The Bertz CT molecular complexity index is 3200. The lowest BCUT2D eigenvalue weighted by atomic mass is 9.97. The van der Waals surface area contributed by atoms with Crippen molar-refractivity contribution in [2.75, 3.05) is 0 Å². The average Bonchev–Trinajstić information content (AvgIpc) is 3.83. The highest BCUT2D eigenvalue weighted by Crippen LogP contribution is 2.41. The molecule has 0 saturated carbocycles. The maximum atomic E-state index is 5.38. The smallest absolute Gasteiger partial charge is 0.166 e. The van der Waals surface area contributed by atoms with Crippen LogP contribution in [0.25, 0.3) is 104 Å². The number of thiophene rings is 1. The largest absolute Gasteiger partial charge is 0.308 e. The highest BCUT2D eigenvalue weighted by molar-refractivity contribution is 7.26. The zero-order chi connectivity index (χ0) is 37.0. The molecule has 11 aromatic rings. The monoisotopic (exact) mass is 732 g/mol. The Morgan fingerprint density at radius 2 is 0.857 bits per heavy atom. The Morgan fingerprint density at radius 1 is 0.339 bits per heavy atom. The van der Waals surface area contributed by atoms with Crippen molar-refractivity contribution < 1.29 is 0 Å². The molecule has 0 radical (unpaired) electrons. The number of fused-ring (bicyclic) bond motifs is 6. The highest BCUT2D eigenvalue weighted by Gasteiger charge is 2.21. The van der Waals surface area contributed by atoms with Crippen LogP contribution in [-0.4, -0.2) is 19.5 Å². The van der Waals surface area contributed by atoms with Crippen molar-refractivity contribution in [1.82, 2.24) is 19.5 Å². The summed E-state index contributed by atoms with van der Waals surface area (Å²) in [6.07, 6.45) is 0. The van der Waals surface area contributed by atoms with Gasteiger partial charge in [0.2, 0.25) is 0 Å². The minimum absolute atomic E-state index is 0.619. The van der Waals surface area contributed by atoms with Gasteiger partial charge in [0.05, 0.1) is 16.7 Å². The van der Waals surface area contributed by atoms with E-state index in [1.54, 1.807) is 11.3 Å². The maximum Gasteiger partial charge on any atom is 0.166 e. The van der Waals surface area contributed by atoms with Crippen LogP contribution in [0.5, 0.6) is 0 Å². The van der Waals surface area contributed by atoms with Gasteiger partial charge in [-0.25, -0.2) is 15.0 Å². The van der Waals surface area contributed by atoms with Crippen LogP contribution in [0, 0.1) is 0 Å². The van der Waals surface area contributed by atoms with Crippen molar-refractivity contribution in [2.45, 2.75) is 0 Å². The lowest BCUT2D eigenvalue weighted by Crippen LogP contribution is -2.04. The van der Waals surface area contributed by atoms with E-state index >= 15 is 0 Å². The summed E-state index contributed by atoms with van der Waals surface area (Å²) >= 11 is 1.78. The Morgan fingerprint density at radius 3 is 1.59 bits per heavy atom. The van der Waals surface area contributed by atoms with Crippen molar-refractivity contribution in [3.8, 4) is 62.1 Å². The molecule has 0 unspecified atom stereocenters. The van der Waals surface area contributed by atoms with E-state index < -0.39 is 0 Å². The molecule has 3 heterocycles. The van der Waals surface area contributed by atoms with Crippen LogP contribution in [0.4, 0.5) is 0 Å². The van der Waals surface area contributed by atoms with E-state index in [0.717, 1.165) is 44.5 Å². The van der Waals surface area contributed by atoms with Gasteiger partial charge < -0.3 is 4.57 Å². The summed E-state index contributed by atoms with van der Waals surface area (Å²) < 4.78 is 4.79. The van der Waals surface area contributed by atoms with Gasteiger partial charge >= 0.3 is 0 Å². The van der Waals surface area contributed by atoms with Gasteiger partial charge in [-0.1, -0.05) is 152 Å². The van der Waals surface area contributed by atoms with Gasteiger partial charge in [-0.3, -0.25) is 0 Å². The van der Waals surface area contributed by atoms with E-state index in [4.69, 9.17) is 15.0 Å². The van der Waals surface area contributed by atoms with Crippen LogP contribution < -0.4 is 0 Å². The Kier molecular flexibility index (Phi) is 7.64. The topological polar surface area (TPSA) is 43.6 Å². The number of aromatic nitrogens is 4. The minimum Gasteiger partial charge on any atom is -0.308 e. The number of hydrogen-bond acceptors (Lipinski definition) is 4. The van der Waals surface area contributed by atoms with Crippen LogP contribution in [-0.2, 0) is 0 Å². The van der Waals surface area contributed by atoms with Gasteiger partial charge in [-0.05, 0) is 64.7 Å². The second-order valence-electron chi connectivity index (χ2n) is 14.0. The van der Waals surface area contributed by atoms with Gasteiger partial charge in [0.1, 0.15) is 0 Å². The van der Waals surface area contributed by atoms with E-state index in [0.29, 0.717) is 17.5 Å². The molecule has 0 aliphatic carbocycles. The average molecular weight is 733 g/mol. The van der Waals surface area contributed by atoms with E-state index in [2.05, 4.69) is 180 Å². The first kappa shape index (κ1) is 32.2. The second-order valence-corrected chi connectivity index (χ2v) is 15.1.